The van der Waals surface area contributed by atoms with Crippen molar-refractivity contribution in [2.75, 3.05) is 13.3 Å². The molecule has 0 aromatic heterocycles. The molecular weight excluding hydrogens is 138 g/mol. The minimum atomic E-state index is -1.81. The first kappa shape index (κ1) is 9.82. The van der Waals surface area contributed by atoms with Gasteiger partial charge in [0.15, 0.2) is 0 Å². The fraction of sp³-hybridized carbons (Fsp3) is 1.00. The maximum Gasteiger partial charge on any atom is 0.126 e. The standard InChI is InChI=1S/C7H14F2O/c1-6(2,3)7(10,4-8)5-9/h10H,4-5H2,1-3H3. The molecule has 0 amide bonds. The molecule has 0 bridgehead atoms. The van der Waals surface area contributed by atoms with Gasteiger partial charge in [0.2, 0.25) is 0 Å². The average Bonchev–Trinajstić information content (AvgIpc) is 1.84. The minimum Gasteiger partial charge on any atom is -0.384 e. The number of aliphatic hydroxyl groups is 1. The molecule has 0 aromatic carbocycles. The lowest BCUT2D eigenvalue weighted by Crippen LogP contribution is -2.47. The summed E-state index contributed by atoms with van der Waals surface area (Å²) < 4.78 is 24.1. The average molecular weight is 152 g/mol. The number of alkyl halides is 2. The van der Waals surface area contributed by atoms with Crippen molar-refractivity contribution in [3.05, 3.63) is 0 Å². The van der Waals surface area contributed by atoms with Crippen LogP contribution in [0.4, 0.5) is 8.78 Å². The van der Waals surface area contributed by atoms with Gasteiger partial charge in [0.05, 0.1) is 0 Å². The summed E-state index contributed by atoms with van der Waals surface area (Å²) in [7, 11) is 0. The van der Waals surface area contributed by atoms with Crippen molar-refractivity contribution in [1.29, 1.82) is 0 Å². The van der Waals surface area contributed by atoms with Crippen molar-refractivity contribution in [2.45, 2.75) is 26.4 Å². The Hall–Kier alpha value is -0.180. The SMILES string of the molecule is CC(C)(C)C(O)(CF)CF. The third-order valence-electron chi connectivity index (χ3n) is 1.84. The fourth-order valence-corrected chi connectivity index (χ4v) is 0.437. The molecule has 0 fully saturated rings. The van der Waals surface area contributed by atoms with Gasteiger partial charge in [0, 0.05) is 0 Å². The van der Waals surface area contributed by atoms with Gasteiger partial charge in [0.25, 0.3) is 0 Å². The van der Waals surface area contributed by atoms with Crippen molar-refractivity contribution in [3.8, 4) is 0 Å². The first-order valence-corrected chi connectivity index (χ1v) is 3.22. The molecule has 0 aromatic rings. The van der Waals surface area contributed by atoms with Crippen LogP contribution >= 0.6 is 0 Å². The molecule has 0 atom stereocenters. The third kappa shape index (κ3) is 1.66. The predicted octanol–water partition coefficient (Wildman–Crippen LogP) is 1.70. The molecular formula is C7H14F2O. The van der Waals surface area contributed by atoms with E-state index in [-0.39, 0.29) is 0 Å². The van der Waals surface area contributed by atoms with E-state index in [0.717, 1.165) is 0 Å². The Morgan fingerprint density at radius 2 is 1.40 bits per heavy atom. The summed E-state index contributed by atoms with van der Waals surface area (Å²) in [6.07, 6.45) is 0. The minimum absolute atomic E-state index is 0.740. The summed E-state index contributed by atoms with van der Waals surface area (Å²) in [5.74, 6) is 0. The molecule has 0 saturated heterocycles. The second-order valence-corrected chi connectivity index (χ2v) is 3.55. The molecule has 0 spiro atoms. The van der Waals surface area contributed by atoms with Crippen LogP contribution < -0.4 is 0 Å². The summed E-state index contributed by atoms with van der Waals surface area (Å²) in [6, 6.07) is 0. The second-order valence-electron chi connectivity index (χ2n) is 3.55. The molecule has 0 heterocycles. The summed E-state index contributed by atoms with van der Waals surface area (Å²) in [4.78, 5) is 0. The third-order valence-corrected chi connectivity index (χ3v) is 1.84. The van der Waals surface area contributed by atoms with Gasteiger partial charge in [-0.25, -0.2) is 8.78 Å². The zero-order valence-corrected chi connectivity index (χ0v) is 6.62. The molecule has 62 valence electrons. The highest BCUT2D eigenvalue weighted by Crippen LogP contribution is 2.30. The van der Waals surface area contributed by atoms with Crippen LogP contribution in [0.1, 0.15) is 20.8 Å². The van der Waals surface area contributed by atoms with Crippen molar-refractivity contribution in [2.24, 2.45) is 5.41 Å². The molecule has 0 rings (SSSR count). The highest BCUT2D eigenvalue weighted by Gasteiger charge is 2.40. The molecule has 1 nitrogen and oxygen atoms in total. The van der Waals surface area contributed by atoms with E-state index in [4.69, 9.17) is 0 Å². The van der Waals surface area contributed by atoms with E-state index < -0.39 is 24.4 Å². The van der Waals surface area contributed by atoms with Crippen molar-refractivity contribution < 1.29 is 13.9 Å². The van der Waals surface area contributed by atoms with Gasteiger partial charge < -0.3 is 5.11 Å². The molecule has 0 aliphatic rings. The van der Waals surface area contributed by atoms with Crippen LogP contribution in [0.5, 0.6) is 0 Å². The summed E-state index contributed by atoms with van der Waals surface area (Å²) in [6.45, 7) is 2.74. The first-order valence-electron chi connectivity index (χ1n) is 3.22. The quantitative estimate of drug-likeness (QED) is 0.638. The first-order chi connectivity index (χ1) is 4.37. The molecule has 0 saturated carbocycles. The van der Waals surface area contributed by atoms with Gasteiger partial charge in [-0.05, 0) is 5.41 Å². The van der Waals surface area contributed by atoms with Crippen LogP contribution in [0, 0.1) is 5.41 Å². The lowest BCUT2D eigenvalue weighted by Gasteiger charge is -2.35. The van der Waals surface area contributed by atoms with Gasteiger partial charge in [-0.1, -0.05) is 20.8 Å². The van der Waals surface area contributed by atoms with Crippen LogP contribution in [0.2, 0.25) is 0 Å². The van der Waals surface area contributed by atoms with E-state index in [9.17, 15) is 13.9 Å². The van der Waals surface area contributed by atoms with E-state index in [0.29, 0.717) is 0 Å². The summed E-state index contributed by atoms with van der Waals surface area (Å²) >= 11 is 0. The number of halogens is 2. The van der Waals surface area contributed by atoms with Crippen molar-refractivity contribution >= 4 is 0 Å². The largest absolute Gasteiger partial charge is 0.384 e. The topological polar surface area (TPSA) is 20.2 Å². The van der Waals surface area contributed by atoms with E-state index in [1.165, 1.54) is 0 Å². The summed E-state index contributed by atoms with van der Waals surface area (Å²) in [5, 5.41) is 9.22. The van der Waals surface area contributed by atoms with E-state index in [1.807, 2.05) is 0 Å². The van der Waals surface area contributed by atoms with Crippen molar-refractivity contribution in [1.82, 2.24) is 0 Å². The molecule has 0 radical (unpaired) electrons. The second kappa shape index (κ2) is 2.82. The smallest absolute Gasteiger partial charge is 0.126 e. The molecule has 3 heteroatoms. The van der Waals surface area contributed by atoms with Gasteiger partial charge in [-0.3, -0.25) is 0 Å². The number of hydrogen-bond acceptors (Lipinski definition) is 1. The molecule has 0 unspecified atom stereocenters. The van der Waals surface area contributed by atoms with Crippen molar-refractivity contribution in [3.63, 3.8) is 0 Å². The Labute approximate surface area is 60.1 Å². The lowest BCUT2D eigenvalue weighted by atomic mass is 9.78. The molecule has 10 heavy (non-hydrogen) atoms. The zero-order valence-electron chi connectivity index (χ0n) is 6.62. The maximum atomic E-state index is 12.0. The normalized spacial score (nSPS) is 13.8. The van der Waals surface area contributed by atoms with E-state index in [2.05, 4.69) is 0 Å². The zero-order chi connectivity index (χ0) is 8.41. The molecule has 0 aliphatic heterocycles. The van der Waals surface area contributed by atoms with Crippen LogP contribution in [-0.2, 0) is 0 Å². The fourth-order valence-electron chi connectivity index (χ4n) is 0.437. The predicted molar refractivity (Wildman–Crippen MR) is 36.4 cm³/mol. The van der Waals surface area contributed by atoms with Crippen LogP contribution in [0.15, 0.2) is 0 Å². The number of hydrogen-bond donors (Lipinski definition) is 1. The molecule has 0 aliphatic carbocycles. The van der Waals surface area contributed by atoms with Crippen LogP contribution in [0.3, 0.4) is 0 Å². The van der Waals surface area contributed by atoms with E-state index >= 15 is 0 Å². The lowest BCUT2D eigenvalue weighted by molar-refractivity contribution is -0.0893. The summed E-state index contributed by atoms with van der Waals surface area (Å²) in [5.41, 5.74) is -2.55. The Morgan fingerprint density at radius 3 is 1.40 bits per heavy atom. The highest BCUT2D eigenvalue weighted by molar-refractivity contribution is 4.89. The highest BCUT2D eigenvalue weighted by atomic mass is 19.1. The van der Waals surface area contributed by atoms with Crippen LogP contribution in [-0.4, -0.2) is 24.1 Å². The van der Waals surface area contributed by atoms with Gasteiger partial charge in [0.1, 0.15) is 19.0 Å². The Bertz CT molecular complexity index is 103. The monoisotopic (exact) mass is 152 g/mol. The van der Waals surface area contributed by atoms with Crippen LogP contribution in [0.25, 0.3) is 0 Å². The van der Waals surface area contributed by atoms with Gasteiger partial charge >= 0.3 is 0 Å². The number of rotatable bonds is 2. The maximum absolute atomic E-state index is 12.0. The Morgan fingerprint density at radius 1 is 1.10 bits per heavy atom. The van der Waals surface area contributed by atoms with Gasteiger partial charge in [-0.2, -0.15) is 0 Å². The Balaban J connectivity index is 4.33. The Kier molecular flexibility index (Phi) is 2.77. The molecule has 1 N–H and O–H groups in total. The van der Waals surface area contributed by atoms with E-state index in [1.54, 1.807) is 20.8 Å². The van der Waals surface area contributed by atoms with Gasteiger partial charge in [-0.15, -0.1) is 0 Å².